The van der Waals surface area contributed by atoms with Crippen molar-refractivity contribution in [3.8, 4) is 0 Å². The van der Waals surface area contributed by atoms with Crippen LogP contribution in [0.4, 0.5) is 0 Å². The lowest BCUT2D eigenvalue weighted by molar-refractivity contribution is -0.136. The Labute approximate surface area is 103 Å². The highest BCUT2D eigenvalue weighted by Gasteiger charge is 2.37. The zero-order chi connectivity index (χ0) is 12.9. The Kier molecular flexibility index (Phi) is 4.93. The van der Waals surface area contributed by atoms with E-state index in [2.05, 4.69) is 10.6 Å². The number of nitrogens with zero attached hydrogens (tertiary/aromatic N) is 1. The molecule has 17 heavy (non-hydrogen) atoms. The summed E-state index contributed by atoms with van der Waals surface area (Å²) in [6.07, 6.45) is 2.54. The first-order chi connectivity index (χ1) is 8.02. The molecular weight excluding hydrogens is 218 g/mol. The van der Waals surface area contributed by atoms with Gasteiger partial charge in [0, 0.05) is 14.1 Å². The van der Waals surface area contributed by atoms with E-state index in [0.29, 0.717) is 0 Å². The Bertz CT molecular complexity index is 283. The monoisotopic (exact) mass is 241 g/mol. The molecular formula is C12H23N3O2. The minimum atomic E-state index is -0.280. The summed E-state index contributed by atoms with van der Waals surface area (Å²) in [5.74, 6) is -0.0461. The summed E-state index contributed by atoms with van der Waals surface area (Å²) >= 11 is 0. The van der Waals surface area contributed by atoms with Crippen LogP contribution in [0, 0.1) is 5.41 Å². The van der Waals surface area contributed by atoms with Gasteiger partial charge in [-0.15, -0.1) is 0 Å². The molecule has 0 aromatic carbocycles. The third-order valence-electron chi connectivity index (χ3n) is 3.62. The molecule has 0 atom stereocenters. The van der Waals surface area contributed by atoms with Crippen LogP contribution in [0.15, 0.2) is 0 Å². The number of hydrogen-bond donors (Lipinski definition) is 2. The summed E-state index contributed by atoms with van der Waals surface area (Å²) in [4.78, 5) is 25.1. The Hall–Kier alpha value is -1.10. The summed E-state index contributed by atoms with van der Waals surface area (Å²) in [7, 11) is 3.38. The highest BCUT2D eigenvalue weighted by atomic mass is 16.2. The number of carbonyl (C=O) groups is 2. The van der Waals surface area contributed by atoms with Crippen LogP contribution in [-0.4, -0.2) is 50.4 Å². The van der Waals surface area contributed by atoms with Crippen molar-refractivity contribution in [3.05, 3.63) is 0 Å². The normalized spacial score (nSPS) is 18.5. The largest absolute Gasteiger partial charge is 0.347 e. The minimum Gasteiger partial charge on any atom is -0.347 e. The van der Waals surface area contributed by atoms with Crippen molar-refractivity contribution >= 4 is 11.8 Å². The molecule has 0 radical (unpaired) electrons. The summed E-state index contributed by atoms with van der Waals surface area (Å²) in [6.45, 7) is 3.89. The lowest BCUT2D eigenvalue weighted by Gasteiger charge is -2.35. The number of nitrogens with one attached hydrogen (secondary N) is 2. The van der Waals surface area contributed by atoms with Gasteiger partial charge in [-0.2, -0.15) is 0 Å². The molecule has 1 fully saturated rings. The molecule has 98 valence electrons. The molecule has 0 unspecified atom stereocenters. The molecule has 1 saturated heterocycles. The van der Waals surface area contributed by atoms with E-state index in [0.717, 1.165) is 32.4 Å². The van der Waals surface area contributed by atoms with E-state index in [1.54, 1.807) is 14.1 Å². The molecule has 1 heterocycles. The number of likely N-dealkylation sites (N-methyl/N-ethyl adjacent to an activating group) is 1. The fraction of sp³-hybridized carbons (Fsp3) is 0.833. The molecule has 1 rings (SSSR count). The molecule has 0 bridgehead atoms. The number of rotatable bonds is 4. The van der Waals surface area contributed by atoms with Crippen LogP contribution >= 0.6 is 0 Å². The van der Waals surface area contributed by atoms with Gasteiger partial charge in [-0.25, -0.2) is 0 Å². The van der Waals surface area contributed by atoms with Crippen molar-refractivity contribution in [2.75, 3.05) is 33.7 Å². The van der Waals surface area contributed by atoms with Crippen LogP contribution in [-0.2, 0) is 9.59 Å². The summed E-state index contributed by atoms with van der Waals surface area (Å²) < 4.78 is 0. The minimum absolute atomic E-state index is 0.0247. The van der Waals surface area contributed by atoms with Crippen LogP contribution in [0.5, 0.6) is 0 Å². The summed E-state index contributed by atoms with van der Waals surface area (Å²) in [6, 6.07) is 0. The van der Waals surface area contributed by atoms with Crippen LogP contribution in [0.1, 0.15) is 26.2 Å². The van der Waals surface area contributed by atoms with Crippen LogP contribution < -0.4 is 10.6 Å². The van der Waals surface area contributed by atoms with Gasteiger partial charge in [0.2, 0.25) is 11.8 Å². The van der Waals surface area contributed by atoms with Gasteiger partial charge >= 0.3 is 0 Å². The molecule has 2 amide bonds. The van der Waals surface area contributed by atoms with E-state index in [1.165, 1.54) is 4.90 Å². The van der Waals surface area contributed by atoms with E-state index < -0.39 is 0 Å². The SMILES string of the molecule is CCC1(C(=O)NCC(=O)N(C)C)CCNCC1. The van der Waals surface area contributed by atoms with E-state index >= 15 is 0 Å². The van der Waals surface area contributed by atoms with Crippen molar-refractivity contribution in [2.24, 2.45) is 5.41 Å². The third kappa shape index (κ3) is 3.43. The van der Waals surface area contributed by atoms with Crippen molar-refractivity contribution in [1.29, 1.82) is 0 Å². The molecule has 5 nitrogen and oxygen atoms in total. The second kappa shape index (κ2) is 6.00. The second-order valence-electron chi connectivity index (χ2n) is 4.85. The van der Waals surface area contributed by atoms with Gasteiger partial charge in [0.25, 0.3) is 0 Å². The first-order valence-corrected chi connectivity index (χ1v) is 6.21. The van der Waals surface area contributed by atoms with Crippen molar-refractivity contribution in [3.63, 3.8) is 0 Å². The molecule has 0 aromatic rings. The van der Waals surface area contributed by atoms with Crippen molar-refractivity contribution < 1.29 is 9.59 Å². The lowest BCUT2D eigenvalue weighted by Crippen LogP contribution is -2.49. The fourth-order valence-corrected chi connectivity index (χ4v) is 2.15. The fourth-order valence-electron chi connectivity index (χ4n) is 2.15. The molecule has 0 spiro atoms. The van der Waals surface area contributed by atoms with Gasteiger partial charge in [0.05, 0.1) is 12.0 Å². The highest BCUT2D eigenvalue weighted by Crippen LogP contribution is 2.32. The average Bonchev–Trinajstić information content (AvgIpc) is 2.36. The number of carbonyl (C=O) groups excluding carboxylic acids is 2. The van der Waals surface area contributed by atoms with Gasteiger partial charge in [-0.3, -0.25) is 9.59 Å². The molecule has 2 N–H and O–H groups in total. The number of amides is 2. The Morgan fingerprint density at radius 2 is 1.88 bits per heavy atom. The molecule has 0 saturated carbocycles. The predicted octanol–water partition coefficient (Wildman–Crippen LogP) is -0.0294. The van der Waals surface area contributed by atoms with Crippen LogP contribution in [0.2, 0.25) is 0 Å². The third-order valence-corrected chi connectivity index (χ3v) is 3.62. The van der Waals surface area contributed by atoms with Gasteiger partial charge in [0.1, 0.15) is 0 Å². The zero-order valence-corrected chi connectivity index (χ0v) is 11.0. The Morgan fingerprint density at radius 3 is 2.35 bits per heavy atom. The maximum atomic E-state index is 12.2. The summed E-state index contributed by atoms with van der Waals surface area (Å²) in [5.41, 5.74) is -0.280. The molecule has 1 aliphatic heterocycles. The molecule has 5 heteroatoms. The predicted molar refractivity (Wildman–Crippen MR) is 66.5 cm³/mol. The van der Waals surface area contributed by atoms with Crippen molar-refractivity contribution in [2.45, 2.75) is 26.2 Å². The number of piperidine rings is 1. The Morgan fingerprint density at radius 1 is 1.29 bits per heavy atom. The first-order valence-electron chi connectivity index (χ1n) is 6.21. The summed E-state index contributed by atoms with van der Waals surface area (Å²) in [5, 5.41) is 6.02. The maximum Gasteiger partial charge on any atom is 0.241 e. The Balaban J connectivity index is 2.52. The van der Waals surface area contributed by atoms with Gasteiger partial charge < -0.3 is 15.5 Å². The topological polar surface area (TPSA) is 61.4 Å². The highest BCUT2D eigenvalue weighted by molar-refractivity contribution is 5.87. The molecule has 1 aliphatic rings. The van der Waals surface area contributed by atoms with E-state index in [4.69, 9.17) is 0 Å². The standard InChI is InChI=1S/C12H23N3O2/c1-4-12(5-7-13-8-6-12)11(17)14-9-10(16)15(2)3/h13H,4-9H2,1-3H3,(H,14,17). The van der Waals surface area contributed by atoms with E-state index in [9.17, 15) is 9.59 Å². The van der Waals surface area contributed by atoms with Crippen LogP contribution in [0.25, 0.3) is 0 Å². The zero-order valence-electron chi connectivity index (χ0n) is 11.0. The lowest BCUT2D eigenvalue weighted by atomic mass is 9.76. The number of hydrogen-bond acceptors (Lipinski definition) is 3. The average molecular weight is 241 g/mol. The second-order valence-corrected chi connectivity index (χ2v) is 4.85. The van der Waals surface area contributed by atoms with E-state index in [-0.39, 0.29) is 23.8 Å². The van der Waals surface area contributed by atoms with Gasteiger partial charge in [-0.05, 0) is 32.4 Å². The first kappa shape index (κ1) is 14.0. The van der Waals surface area contributed by atoms with E-state index in [1.807, 2.05) is 6.92 Å². The molecule has 0 aromatic heterocycles. The smallest absolute Gasteiger partial charge is 0.241 e. The van der Waals surface area contributed by atoms with Gasteiger partial charge in [0.15, 0.2) is 0 Å². The van der Waals surface area contributed by atoms with Crippen molar-refractivity contribution in [1.82, 2.24) is 15.5 Å². The quantitative estimate of drug-likeness (QED) is 0.726. The van der Waals surface area contributed by atoms with Gasteiger partial charge in [-0.1, -0.05) is 6.92 Å². The molecule has 0 aliphatic carbocycles. The maximum absolute atomic E-state index is 12.2. The van der Waals surface area contributed by atoms with Crippen LogP contribution in [0.3, 0.4) is 0 Å².